The van der Waals surface area contributed by atoms with Gasteiger partial charge in [-0.3, -0.25) is 0 Å². The first-order chi connectivity index (χ1) is 10.1. The minimum atomic E-state index is -0.353. The second kappa shape index (κ2) is 7.12. The van der Waals surface area contributed by atoms with Crippen molar-refractivity contribution in [2.24, 2.45) is 0 Å². The molecule has 0 fully saturated rings. The van der Waals surface area contributed by atoms with E-state index in [4.69, 9.17) is 21.6 Å². The lowest BCUT2D eigenvalue weighted by Crippen LogP contribution is -2.04. The van der Waals surface area contributed by atoms with Gasteiger partial charge in [-0.05, 0) is 43.2 Å². The maximum absolute atomic E-state index is 9.33. The van der Waals surface area contributed by atoms with E-state index >= 15 is 0 Å². The van der Waals surface area contributed by atoms with E-state index in [-0.39, 0.29) is 6.10 Å². The molecule has 1 N–H and O–H groups in total. The number of nitrogens with zero attached hydrogens (tertiary/aromatic N) is 1. The first-order valence-electron chi connectivity index (χ1n) is 6.67. The zero-order valence-corrected chi connectivity index (χ0v) is 12.5. The minimum Gasteiger partial charge on any atom is -0.489 e. The van der Waals surface area contributed by atoms with Gasteiger partial charge >= 0.3 is 0 Å². The largest absolute Gasteiger partial charge is 0.489 e. The Labute approximate surface area is 129 Å². The molecule has 0 radical (unpaired) electrons. The van der Waals surface area contributed by atoms with E-state index in [2.05, 4.69) is 0 Å². The lowest BCUT2D eigenvalue weighted by molar-refractivity contribution is 0.195. The number of hydrogen-bond acceptors (Lipinski definition) is 3. The third-order valence-corrected chi connectivity index (χ3v) is 3.38. The Balaban J connectivity index is 1.98. The van der Waals surface area contributed by atoms with Crippen LogP contribution in [0.2, 0.25) is 5.02 Å². The van der Waals surface area contributed by atoms with Crippen LogP contribution in [-0.2, 0) is 13.0 Å². The maximum atomic E-state index is 9.33. The molecular formula is C17H16ClNO2. The molecule has 108 valence electrons. The third kappa shape index (κ3) is 4.49. The Morgan fingerprint density at radius 3 is 2.52 bits per heavy atom. The number of benzene rings is 2. The first-order valence-corrected chi connectivity index (χ1v) is 7.04. The second-order valence-corrected chi connectivity index (χ2v) is 5.31. The van der Waals surface area contributed by atoms with Gasteiger partial charge in [-0.2, -0.15) is 5.26 Å². The molecule has 2 aromatic carbocycles. The summed E-state index contributed by atoms with van der Waals surface area (Å²) in [6.07, 6.45) is 0.274. The fraction of sp³-hybridized carbons (Fsp3) is 0.235. The van der Waals surface area contributed by atoms with Gasteiger partial charge in [-0.1, -0.05) is 29.8 Å². The van der Waals surface area contributed by atoms with Gasteiger partial charge in [0.2, 0.25) is 0 Å². The van der Waals surface area contributed by atoms with Gasteiger partial charge in [0.05, 0.1) is 17.7 Å². The number of rotatable bonds is 5. The van der Waals surface area contributed by atoms with Crippen LogP contribution in [0, 0.1) is 11.3 Å². The van der Waals surface area contributed by atoms with Crippen LogP contribution >= 0.6 is 11.6 Å². The van der Waals surface area contributed by atoms with E-state index in [9.17, 15) is 5.11 Å². The highest BCUT2D eigenvalue weighted by molar-refractivity contribution is 6.31. The summed E-state index contributed by atoms with van der Waals surface area (Å²) in [5.41, 5.74) is 2.43. The van der Waals surface area contributed by atoms with Crippen LogP contribution in [0.15, 0.2) is 42.5 Å². The molecule has 2 rings (SSSR count). The van der Waals surface area contributed by atoms with Crippen molar-refractivity contribution in [3.8, 4) is 11.8 Å². The van der Waals surface area contributed by atoms with Crippen LogP contribution in [0.5, 0.6) is 5.75 Å². The molecule has 0 aliphatic rings. The zero-order chi connectivity index (χ0) is 15.2. The number of halogens is 1. The van der Waals surface area contributed by atoms with E-state index in [0.29, 0.717) is 23.6 Å². The SMILES string of the molecule is CC(O)Cc1ccc(OCc2ccc(C#N)cc2Cl)cc1. The molecule has 0 aromatic heterocycles. The Bertz CT molecular complexity index is 645. The van der Waals surface area contributed by atoms with Crippen LogP contribution in [0.25, 0.3) is 0 Å². The van der Waals surface area contributed by atoms with E-state index in [1.54, 1.807) is 25.1 Å². The molecule has 1 unspecified atom stereocenters. The van der Waals surface area contributed by atoms with E-state index in [0.717, 1.165) is 16.9 Å². The molecule has 0 saturated heterocycles. The molecule has 0 spiro atoms. The summed E-state index contributed by atoms with van der Waals surface area (Å²) in [6, 6.07) is 14.8. The Hall–Kier alpha value is -2.02. The smallest absolute Gasteiger partial charge is 0.119 e. The predicted octanol–water partition coefficient (Wildman–Crippen LogP) is 3.71. The van der Waals surface area contributed by atoms with Crippen LogP contribution < -0.4 is 4.74 Å². The van der Waals surface area contributed by atoms with Gasteiger partial charge in [-0.15, -0.1) is 0 Å². The second-order valence-electron chi connectivity index (χ2n) is 4.90. The van der Waals surface area contributed by atoms with Crippen molar-refractivity contribution in [2.75, 3.05) is 0 Å². The minimum absolute atomic E-state index is 0.348. The van der Waals surface area contributed by atoms with Crippen molar-refractivity contribution >= 4 is 11.6 Å². The molecule has 1 atom stereocenters. The lowest BCUT2D eigenvalue weighted by atomic mass is 10.1. The van der Waals surface area contributed by atoms with Crippen molar-refractivity contribution in [3.05, 3.63) is 64.2 Å². The van der Waals surface area contributed by atoms with Crippen molar-refractivity contribution in [1.29, 1.82) is 5.26 Å². The highest BCUT2D eigenvalue weighted by atomic mass is 35.5. The maximum Gasteiger partial charge on any atom is 0.119 e. The average Bonchev–Trinajstić information content (AvgIpc) is 2.47. The Morgan fingerprint density at radius 1 is 1.24 bits per heavy atom. The highest BCUT2D eigenvalue weighted by Crippen LogP contribution is 2.20. The van der Waals surface area contributed by atoms with Gasteiger partial charge in [0, 0.05) is 10.6 Å². The molecule has 0 aliphatic heterocycles. The summed E-state index contributed by atoms with van der Waals surface area (Å²) in [4.78, 5) is 0. The van der Waals surface area contributed by atoms with Gasteiger partial charge in [0.25, 0.3) is 0 Å². The van der Waals surface area contributed by atoms with Gasteiger partial charge in [0.15, 0.2) is 0 Å². The van der Waals surface area contributed by atoms with Crippen molar-refractivity contribution in [3.63, 3.8) is 0 Å². The summed E-state index contributed by atoms with van der Waals surface area (Å²) in [7, 11) is 0. The van der Waals surface area contributed by atoms with E-state index in [1.165, 1.54) is 0 Å². The molecular weight excluding hydrogens is 286 g/mol. The molecule has 0 aliphatic carbocycles. The van der Waals surface area contributed by atoms with Gasteiger partial charge in [0.1, 0.15) is 12.4 Å². The molecule has 3 nitrogen and oxygen atoms in total. The Morgan fingerprint density at radius 2 is 1.95 bits per heavy atom. The van der Waals surface area contributed by atoms with E-state index < -0.39 is 0 Å². The average molecular weight is 302 g/mol. The van der Waals surface area contributed by atoms with Gasteiger partial charge in [-0.25, -0.2) is 0 Å². The summed E-state index contributed by atoms with van der Waals surface area (Å²) in [6.45, 7) is 2.11. The first kappa shape index (κ1) is 15.4. The molecule has 0 amide bonds. The summed E-state index contributed by atoms with van der Waals surface area (Å²) < 4.78 is 5.68. The molecule has 0 heterocycles. The van der Waals surface area contributed by atoms with Crippen molar-refractivity contribution in [2.45, 2.75) is 26.1 Å². The summed E-state index contributed by atoms with van der Waals surface area (Å²) in [5.74, 6) is 0.741. The monoisotopic (exact) mass is 301 g/mol. The number of ether oxygens (including phenoxy) is 1. The quantitative estimate of drug-likeness (QED) is 0.916. The summed E-state index contributed by atoms with van der Waals surface area (Å²) in [5, 5.41) is 18.7. The van der Waals surface area contributed by atoms with Gasteiger partial charge < -0.3 is 9.84 Å². The van der Waals surface area contributed by atoms with Crippen molar-refractivity contribution < 1.29 is 9.84 Å². The number of aliphatic hydroxyl groups excluding tert-OH is 1. The number of nitriles is 1. The van der Waals surface area contributed by atoms with E-state index in [1.807, 2.05) is 30.3 Å². The standard InChI is InChI=1S/C17H16ClNO2/c1-12(20)8-13-3-6-16(7-4-13)21-11-15-5-2-14(10-19)9-17(15)18/h2-7,9,12,20H,8,11H2,1H3. The fourth-order valence-corrected chi connectivity index (χ4v) is 2.19. The van der Waals surface area contributed by atoms with Crippen LogP contribution in [0.4, 0.5) is 0 Å². The normalized spacial score (nSPS) is 11.7. The predicted molar refractivity (Wildman–Crippen MR) is 82.3 cm³/mol. The van der Waals surface area contributed by atoms with Crippen LogP contribution in [0.1, 0.15) is 23.6 Å². The van der Waals surface area contributed by atoms with Crippen molar-refractivity contribution in [1.82, 2.24) is 0 Å². The Kier molecular flexibility index (Phi) is 5.21. The molecule has 0 bridgehead atoms. The fourth-order valence-electron chi connectivity index (χ4n) is 1.96. The highest BCUT2D eigenvalue weighted by Gasteiger charge is 2.04. The molecule has 2 aromatic rings. The molecule has 21 heavy (non-hydrogen) atoms. The lowest BCUT2D eigenvalue weighted by Gasteiger charge is -2.09. The molecule has 4 heteroatoms. The third-order valence-electron chi connectivity index (χ3n) is 3.03. The van der Waals surface area contributed by atoms with Crippen LogP contribution in [0.3, 0.4) is 0 Å². The molecule has 0 saturated carbocycles. The zero-order valence-electron chi connectivity index (χ0n) is 11.7. The topological polar surface area (TPSA) is 53.2 Å². The number of aliphatic hydroxyl groups is 1. The number of hydrogen-bond donors (Lipinski definition) is 1. The van der Waals surface area contributed by atoms with Crippen LogP contribution in [-0.4, -0.2) is 11.2 Å². The summed E-state index contributed by atoms with van der Waals surface area (Å²) >= 11 is 6.10.